The number of hydrogen-bond acceptors (Lipinski definition) is 3. The van der Waals surface area contributed by atoms with Crippen LogP contribution in [0.2, 0.25) is 0 Å². The Kier molecular flexibility index (Phi) is 3.87. The highest BCUT2D eigenvalue weighted by Crippen LogP contribution is 2.37. The van der Waals surface area contributed by atoms with Crippen molar-refractivity contribution in [1.82, 2.24) is 9.97 Å². The van der Waals surface area contributed by atoms with Crippen molar-refractivity contribution in [2.24, 2.45) is 0 Å². The van der Waals surface area contributed by atoms with Crippen LogP contribution in [0.3, 0.4) is 0 Å². The van der Waals surface area contributed by atoms with Crippen molar-refractivity contribution >= 4 is 22.7 Å². The third-order valence-electron chi connectivity index (χ3n) is 3.18. The van der Waals surface area contributed by atoms with Crippen LogP contribution in [0.4, 0.5) is 4.39 Å². The number of benzene rings is 1. The summed E-state index contributed by atoms with van der Waals surface area (Å²) < 4.78 is 13.5. The van der Waals surface area contributed by atoms with Gasteiger partial charge in [-0.1, -0.05) is 26.8 Å². The van der Waals surface area contributed by atoms with E-state index in [0.29, 0.717) is 0 Å². The largest absolute Gasteiger partial charge is 0.256 e. The first kappa shape index (κ1) is 15.0. The number of aromatic nitrogens is 2. The van der Waals surface area contributed by atoms with Crippen LogP contribution in [0, 0.1) is 5.95 Å². The molecule has 1 aromatic carbocycles. The monoisotopic (exact) mass is 312 g/mol. The molecule has 0 aliphatic heterocycles. The summed E-state index contributed by atoms with van der Waals surface area (Å²) in [6, 6.07) is 11.3. The molecular formula is C18H17FN2S. The Morgan fingerprint density at radius 2 is 1.64 bits per heavy atom. The number of nitrogens with zero attached hydrogens (tertiary/aromatic N) is 2. The van der Waals surface area contributed by atoms with Crippen LogP contribution in [0.25, 0.3) is 22.0 Å². The van der Waals surface area contributed by atoms with Crippen LogP contribution in [0.1, 0.15) is 20.8 Å². The molecule has 0 aliphatic rings. The molecule has 2 aromatic heterocycles. The molecule has 2 heterocycles. The molecular weight excluding hydrogens is 295 g/mol. The lowest BCUT2D eigenvalue weighted by molar-refractivity contribution is 0.584. The Hall–Kier alpha value is -1.94. The fraction of sp³-hybridized carbons (Fsp3) is 0.222. The molecule has 0 N–H and O–H groups in total. The highest BCUT2D eigenvalue weighted by molar-refractivity contribution is 8.00. The zero-order valence-electron chi connectivity index (χ0n) is 12.8. The summed E-state index contributed by atoms with van der Waals surface area (Å²) >= 11 is 1.81. The summed E-state index contributed by atoms with van der Waals surface area (Å²) in [5.41, 5.74) is 2.75. The highest BCUT2D eigenvalue weighted by Gasteiger charge is 2.14. The Balaban J connectivity index is 2.14. The summed E-state index contributed by atoms with van der Waals surface area (Å²) in [5.74, 6) is -0.465. The maximum Gasteiger partial charge on any atom is 0.213 e. The van der Waals surface area contributed by atoms with Gasteiger partial charge < -0.3 is 0 Å². The minimum atomic E-state index is -0.465. The lowest BCUT2D eigenvalue weighted by atomic mass is 10.0. The van der Waals surface area contributed by atoms with Crippen LogP contribution in [0.15, 0.2) is 53.7 Å². The maximum absolute atomic E-state index is 13.3. The van der Waals surface area contributed by atoms with Gasteiger partial charge in [-0.3, -0.25) is 4.98 Å². The summed E-state index contributed by atoms with van der Waals surface area (Å²) in [7, 11) is 0. The van der Waals surface area contributed by atoms with E-state index in [1.165, 1.54) is 17.2 Å². The highest BCUT2D eigenvalue weighted by atomic mass is 32.2. The van der Waals surface area contributed by atoms with Crippen molar-refractivity contribution in [3.63, 3.8) is 0 Å². The van der Waals surface area contributed by atoms with Gasteiger partial charge in [0, 0.05) is 33.5 Å². The lowest BCUT2D eigenvalue weighted by Gasteiger charge is -2.18. The summed E-state index contributed by atoms with van der Waals surface area (Å²) in [5, 5.41) is 1.09. The van der Waals surface area contributed by atoms with Gasteiger partial charge in [-0.2, -0.15) is 4.39 Å². The van der Waals surface area contributed by atoms with E-state index in [4.69, 9.17) is 0 Å². The van der Waals surface area contributed by atoms with Gasteiger partial charge in [-0.05, 0) is 35.4 Å². The van der Waals surface area contributed by atoms with Crippen LogP contribution < -0.4 is 0 Å². The summed E-state index contributed by atoms with van der Waals surface area (Å²) in [6.45, 7) is 6.56. The molecule has 0 aliphatic carbocycles. The number of fused-ring (bicyclic) bond motifs is 1. The molecule has 22 heavy (non-hydrogen) atoms. The second-order valence-corrected chi connectivity index (χ2v) is 7.99. The summed E-state index contributed by atoms with van der Waals surface area (Å²) in [4.78, 5) is 9.22. The van der Waals surface area contributed by atoms with Crippen molar-refractivity contribution in [3.8, 4) is 11.1 Å². The van der Waals surface area contributed by atoms with Crippen molar-refractivity contribution in [2.75, 3.05) is 0 Å². The molecule has 0 bridgehead atoms. The minimum absolute atomic E-state index is 0.118. The van der Waals surface area contributed by atoms with Crippen molar-refractivity contribution < 1.29 is 4.39 Å². The average molecular weight is 312 g/mol. The molecule has 0 spiro atoms. The Morgan fingerprint density at radius 1 is 0.909 bits per heavy atom. The minimum Gasteiger partial charge on any atom is -0.256 e. The normalized spacial score (nSPS) is 11.8. The molecule has 3 aromatic rings. The van der Waals surface area contributed by atoms with Crippen molar-refractivity contribution in [2.45, 2.75) is 30.4 Å². The molecule has 0 saturated heterocycles. The molecule has 0 unspecified atom stereocenters. The first-order valence-corrected chi connectivity index (χ1v) is 7.94. The first-order chi connectivity index (χ1) is 10.4. The predicted molar refractivity (Wildman–Crippen MR) is 90.5 cm³/mol. The zero-order chi connectivity index (χ0) is 15.7. The molecule has 112 valence electrons. The first-order valence-electron chi connectivity index (χ1n) is 7.12. The van der Waals surface area contributed by atoms with E-state index in [1.807, 2.05) is 42.2 Å². The molecule has 0 atom stereocenters. The van der Waals surface area contributed by atoms with Crippen LogP contribution in [-0.4, -0.2) is 14.7 Å². The molecule has 3 rings (SSSR count). The van der Waals surface area contributed by atoms with Gasteiger partial charge in [0.05, 0.1) is 5.52 Å². The van der Waals surface area contributed by atoms with E-state index in [0.717, 1.165) is 22.0 Å². The number of thioether (sulfide) groups is 1. The van der Waals surface area contributed by atoms with Gasteiger partial charge in [0.25, 0.3) is 0 Å². The number of rotatable bonds is 2. The Labute approximate surface area is 133 Å². The van der Waals surface area contributed by atoms with Gasteiger partial charge in [0.2, 0.25) is 5.95 Å². The van der Waals surface area contributed by atoms with Gasteiger partial charge in [0.15, 0.2) is 0 Å². The number of halogens is 1. The van der Waals surface area contributed by atoms with Crippen molar-refractivity contribution in [1.29, 1.82) is 0 Å². The van der Waals surface area contributed by atoms with Crippen LogP contribution in [0.5, 0.6) is 0 Å². The van der Waals surface area contributed by atoms with E-state index >= 15 is 0 Å². The molecule has 4 heteroatoms. The molecule has 0 saturated carbocycles. The molecule has 2 nitrogen and oxygen atoms in total. The molecule has 0 amide bonds. The topological polar surface area (TPSA) is 25.8 Å². The van der Waals surface area contributed by atoms with E-state index in [2.05, 4.69) is 36.8 Å². The van der Waals surface area contributed by atoms with Crippen molar-refractivity contribution in [3.05, 3.63) is 54.7 Å². The van der Waals surface area contributed by atoms with Gasteiger partial charge in [-0.25, -0.2) is 4.98 Å². The number of pyridine rings is 2. The lowest BCUT2D eigenvalue weighted by Crippen LogP contribution is -2.06. The summed E-state index contributed by atoms with van der Waals surface area (Å²) in [6.07, 6.45) is 3.32. The second kappa shape index (κ2) is 5.69. The third kappa shape index (κ3) is 3.28. The van der Waals surface area contributed by atoms with E-state index in [9.17, 15) is 4.39 Å². The fourth-order valence-corrected chi connectivity index (χ4v) is 3.36. The quantitative estimate of drug-likeness (QED) is 0.472. The average Bonchev–Trinajstić information content (AvgIpc) is 2.46. The van der Waals surface area contributed by atoms with E-state index in [-0.39, 0.29) is 4.75 Å². The van der Waals surface area contributed by atoms with E-state index in [1.54, 1.807) is 0 Å². The maximum atomic E-state index is 13.3. The fourth-order valence-electron chi connectivity index (χ4n) is 2.30. The SMILES string of the molecule is CC(C)(C)Sc1ccnc2ccc(-c3ccnc(F)c3)cc12. The van der Waals surface area contributed by atoms with Gasteiger partial charge in [-0.15, -0.1) is 11.8 Å². The van der Waals surface area contributed by atoms with Crippen LogP contribution >= 0.6 is 11.8 Å². The predicted octanol–water partition coefficient (Wildman–Crippen LogP) is 5.33. The Morgan fingerprint density at radius 3 is 2.36 bits per heavy atom. The third-order valence-corrected chi connectivity index (χ3v) is 4.37. The molecule has 0 fully saturated rings. The van der Waals surface area contributed by atoms with Gasteiger partial charge in [0.1, 0.15) is 0 Å². The second-order valence-electron chi connectivity index (χ2n) is 6.12. The zero-order valence-corrected chi connectivity index (χ0v) is 13.6. The Bertz CT molecular complexity index is 825. The number of hydrogen-bond donors (Lipinski definition) is 0. The van der Waals surface area contributed by atoms with Crippen LogP contribution in [-0.2, 0) is 0 Å². The smallest absolute Gasteiger partial charge is 0.213 e. The van der Waals surface area contributed by atoms with E-state index < -0.39 is 5.95 Å². The standard InChI is InChI=1S/C18H17FN2S/c1-18(2,3)22-16-7-9-20-15-5-4-12(10-14(15)16)13-6-8-21-17(19)11-13/h4-11H,1-3H3. The van der Waals surface area contributed by atoms with Gasteiger partial charge >= 0.3 is 0 Å². The molecule has 0 radical (unpaired) electrons.